The fraction of sp³-hybridized carbons (Fsp3) is 0.400. The van der Waals surface area contributed by atoms with Gasteiger partial charge in [-0.1, -0.05) is 12.1 Å². The molecule has 1 fully saturated rings. The molecule has 1 aromatic heterocycles. The van der Waals surface area contributed by atoms with Gasteiger partial charge in [-0.25, -0.2) is 4.68 Å². The second-order valence-corrected chi connectivity index (χ2v) is 5.45. The zero-order valence-electron chi connectivity index (χ0n) is 13.0. The Morgan fingerprint density at radius 2 is 2.21 bits per heavy atom. The minimum absolute atomic E-state index is 0.0289. The van der Waals surface area contributed by atoms with Crippen LogP contribution in [-0.4, -0.2) is 51.3 Å². The van der Waals surface area contributed by atoms with Gasteiger partial charge in [-0.05, 0) is 35.4 Å². The average molecular weight is 330 g/mol. The highest BCUT2D eigenvalue weighted by Gasteiger charge is 2.18. The number of hydrogen-bond donors (Lipinski definition) is 2. The van der Waals surface area contributed by atoms with E-state index in [1.807, 2.05) is 0 Å². The van der Waals surface area contributed by atoms with Gasteiger partial charge in [-0.3, -0.25) is 9.59 Å². The van der Waals surface area contributed by atoms with Crippen LogP contribution in [0.2, 0.25) is 0 Å². The third kappa shape index (κ3) is 4.13. The maximum absolute atomic E-state index is 12.4. The van der Waals surface area contributed by atoms with E-state index in [4.69, 9.17) is 4.74 Å². The highest BCUT2D eigenvalue weighted by Crippen LogP contribution is 2.16. The number of hydrogen-bond acceptors (Lipinski definition) is 6. The largest absolute Gasteiger partial charge is 0.376 e. The van der Waals surface area contributed by atoms with Crippen molar-refractivity contribution in [3.05, 3.63) is 36.2 Å². The maximum Gasteiger partial charge on any atom is 0.253 e. The van der Waals surface area contributed by atoms with Gasteiger partial charge in [0, 0.05) is 13.2 Å². The molecule has 1 saturated heterocycles. The predicted octanol–water partition coefficient (Wildman–Crippen LogP) is 0.221. The Morgan fingerprint density at radius 1 is 1.33 bits per heavy atom. The maximum atomic E-state index is 12.4. The highest BCUT2D eigenvalue weighted by atomic mass is 16.5. The van der Waals surface area contributed by atoms with Crippen molar-refractivity contribution in [2.75, 3.05) is 18.5 Å². The molecule has 3 rings (SSSR count). The molecule has 1 aromatic carbocycles. The van der Waals surface area contributed by atoms with E-state index >= 15 is 0 Å². The minimum atomic E-state index is -0.318. The first-order valence-electron chi connectivity index (χ1n) is 7.72. The molecule has 24 heavy (non-hydrogen) atoms. The number of rotatable bonds is 6. The fourth-order valence-electron chi connectivity index (χ4n) is 2.49. The van der Waals surface area contributed by atoms with Crippen LogP contribution in [0.3, 0.4) is 0 Å². The topological polar surface area (TPSA) is 111 Å². The number of tetrazole rings is 1. The molecule has 126 valence electrons. The number of nitrogens with one attached hydrogen (secondary N) is 2. The number of ether oxygens (including phenoxy) is 1. The van der Waals surface area contributed by atoms with E-state index in [1.165, 1.54) is 11.0 Å². The van der Waals surface area contributed by atoms with Crippen molar-refractivity contribution in [3.63, 3.8) is 0 Å². The van der Waals surface area contributed by atoms with E-state index in [0.717, 1.165) is 19.4 Å². The van der Waals surface area contributed by atoms with E-state index in [9.17, 15) is 9.59 Å². The van der Waals surface area contributed by atoms with Crippen molar-refractivity contribution in [2.24, 2.45) is 0 Å². The summed E-state index contributed by atoms with van der Waals surface area (Å²) in [6.45, 7) is 1.18. The summed E-state index contributed by atoms with van der Waals surface area (Å²) in [5.41, 5.74) is 0.848. The zero-order valence-corrected chi connectivity index (χ0v) is 13.0. The van der Waals surface area contributed by atoms with Crippen LogP contribution >= 0.6 is 0 Å². The first-order chi connectivity index (χ1) is 11.7. The summed E-state index contributed by atoms with van der Waals surface area (Å²) in [5, 5.41) is 16.1. The van der Waals surface area contributed by atoms with Gasteiger partial charge in [-0.2, -0.15) is 0 Å². The van der Waals surface area contributed by atoms with Gasteiger partial charge in [0.15, 0.2) is 0 Å². The van der Waals surface area contributed by atoms with Crippen LogP contribution < -0.4 is 10.6 Å². The third-order valence-electron chi connectivity index (χ3n) is 3.66. The number of carbonyl (C=O) groups excluding carboxylic acids is 2. The molecule has 1 atom stereocenters. The van der Waals surface area contributed by atoms with Crippen molar-refractivity contribution in [3.8, 4) is 0 Å². The van der Waals surface area contributed by atoms with Crippen LogP contribution in [0, 0.1) is 0 Å². The summed E-state index contributed by atoms with van der Waals surface area (Å²) in [6, 6.07) is 6.84. The quantitative estimate of drug-likeness (QED) is 0.784. The molecule has 0 unspecified atom stereocenters. The van der Waals surface area contributed by atoms with E-state index in [1.54, 1.807) is 24.3 Å². The van der Waals surface area contributed by atoms with Gasteiger partial charge in [0.25, 0.3) is 5.91 Å². The number of para-hydroxylation sites is 1. The average Bonchev–Trinajstić information content (AvgIpc) is 3.26. The minimum Gasteiger partial charge on any atom is -0.376 e. The number of carbonyl (C=O) groups is 2. The molecule has 9 nitrogen and oxygen atoms in total. The number of amides is 2. The van der Waals surface area contributed by atoms with Crippen LogP contribution in [0.5, 0.6) is 0 Å². The molecule has 0 aliphatic carbocycles. The highest BCUT2D eigenvalue weighted by molar-refractivity contribution is 6.03. The lowest BCUT2D eigenvalue weighted by molar-refractivity contribution is -0.116. The molecule has 9 heteroatoms. The summed E-state index contributed by atoms with van der Waals surface area (Å²) < 4.78 is 6.79. The van der Waals surface area contributed by atoms with Crippen molar-refractivity contribution < 1.29 is 14.3 Å². The van der Waals surface area contributed by atoms with Crippen LogP contribution in [-0.2, 0) is 16.1 Å². The summed E-state index contributed by atoms with van der Waals surface area (Å²) in [4.78, 5) is 24.4. The monoisotopic (exact) mass is 330 g/mol. The lowest BCUT2D eigenvalue weighted by Crippen LogP contribution is -2.32. The summed E-state index contributed by atoms with van der Waals surface area (Å²) in [6.07, 6.45) is 3.38. The second-order valence-electron chi connectivity index (χ2n) is 5.45. The number of aromatic nitrogens is 4. The Labute approximate surface area is 138 Å². The van der Waals surface area contributed by atoms with Crippen LogP contribution in [0.4, 0.5) is 5.69 Å². The summed E-state index contributed by atoms with van der Waals surface area (Å²) >= 11 is 0. The Kier molecular flexibility index (Phi) is 5.12. The second kappa shape index (κ2) is 7.64. The predicted molar refractivity (Wildman–Crippen MR) is 84.2 cm³/mol. The molecule has 2 amide bonds. The van der Waals surface area contributed by atoms with E-state index in [-0.39, 0.29) is 24.5 Å². The Morgan fingerprint density at radius 3 is 2.96 bits per heavy atom. The molecule has 0 bridgehead atoms. The Hall–Kier alpha value is -2.81. The molecule has 1 aliphatic rings. The first-order valence-corrected chi connectivity index (χ1v) is 7.72. The van der Waals surface area contributed by atoms with Crippen LogP contribution in [0.1, 0.15) is 23.2 Å². The van der Waals surface area contributed by atoms with Crippen molar-refractivity contribution in [1.29, 1.82) is 0 Å². The smallest absolute Gasteiger partial charge is 0.253 e. The Balaban J connectivity index is 1.61. The fourth-order valence-corrected chi connectivity index (χ4v) is 2.49. The standard InChI is InChI=1S/C15H18N6O3/c22-14(9-21-10-17-19-20-21)18-13-6-2-1-5-12(13)15(23)16-8-11-4-3-7-24-11/h1-2,5-6,10-11H,3-4,7-9H2,(H,16,23)(H,18,22)/t11-/m0/s1. The zero-order chi connectivity index (χ0) is 16.8. The summed E-state index contributed by atoms with van der Waals surface area (Å²) in [5.74, 6) is -0.564. The molecule has 0 spiro atoms. The van der Waals surface area contributed by atoms with Crippen LogP contribution in [0.25, 0.3) is 0 Å². The van der Waals surface area contributed by atoms with Crippen LogP contribution in [0.15, 0.2) is 30.6 Å². The molecule has 0 saturated carbocycles. The SMILES string of the molecule is O=C(Cn1cnnn1)Nc1ccccc1C(=O)NC[C@@H]1CCCO1. The van der Waals surface area contributed by atoms with Gasteiger partial charge in [0.05, 0.1) is 17.4 Å². The molecular weight excluding hydrogens is 312 g/mol. The molecule has 0 radical (unpaired) electrons. The normalized spacial score (nSPS) is 16.8. The van der Waals surface area contributed by atoms with Crippen molar-refractivity contribution >= 4 is 17.5 Å². The van der Waals surface area contributed by atoms with Crippen molar-refractivity contribution in [2.45, 2.75) is 25.5 Å². The molecule has 2 heterocycles. The van der Waals surface area contributed by atoms with Gasteiger partial charge >= 0.3 is 0 Å². The van der Waals surface area contributed by atoms with E-state index in [0.29, 0.717) is 17.8 Å². The molecule has 1 aliphatic heterocycles. The van der Waals surface area contributed by atoms with Gasteiger partial charge < -0.3 is 15.4 Å². The molecule has 2 N–H and O–H groups in total. The van der Waals surface area contributed by atoms with Gasteiger partial charge in [0.2, 0.25) is 5.91 Å². The lowest BCUT2D eigenvalue weighted by atomic mass is 10.1. The first kappa shape index (κ1) is 16.1. The summed E-state index contributed by atoms with van der Waals surface area (Å²) in [7, 11) is 0. The molecular formula is C15H18N6O3. The molecule has 2 aromatic rings. The van der Waals surface area contributed by atoms with Crippen molar-refractivity contribution in [1.82, 2.24) is 25.5 Å². The number of benzene rings is 1. The van der Waals surface area contributed by atoms with E-state index in [2.05, 4.69) is 26.2 Å². The number of anilines is 1. The third-order valence-corrected chi connectivity index (χ3v) is 3.66. The van der Waals surface area contributed by atoms with Gasteiger partial charge in [0.1, 0.15) is 12.9 Å². The Bertz CT molecular complexity index is 697. The number of nitrogens with zero attached hydrogens (tertiary/aromatic N) is 4. The van der Waals surface area contributed by atoms with E-state index < -0.39 is 0 Å². The van der Waals surface area contributed by atoms with Gasteiger partial charge in [-0.15, -0.1) is 5.10 Å². The lowest BCUT2D eigenvalue weighted by Gasteiger charge is -2.13.